The molecule has 0 saturated carbocycles. The number of anilines is 1. The first-order valence-corrected chi connectivity index (χ1v) is 14.9. The molecule has 6 rings (SSSR count). The number of pyridine rings is 1. The van der Waals surface area contributed by atoms with E-state index in [0.717, 1.165) is 33.2 Å². The van der Waals surface area contributed by atoms with E-state index >= 15 is 0 Å². The number of nitrogens with one attached hydrogen (secondary N) is 1. The number of piperidine rings is 1. The second-order valence-corrected chi connectivity index (χ2v) is 12.8. The average molecular weight is 585 g/mol. The smallest absolute Gasteiger partial charge is 0.241 e. The molecular weight excluding hydrogens is 556 g/mol. The van der Waals surface area contributed by atoms with E-state index in [1.807, 2.05) is 36.4 Å². The number of thiophene rings is 1. The number of aromatic nitrogens is 1. The minimum atomic E-state index is -4.02. The first-order chi connectivity index (χ1) is 18.3. The van der Waals surface area contributed by atoms with Crippen molar-refractivity contribution in [1.82, 2.24) is 14.6 Å². The van der Waals surface area contributed by atoms with Gasteiger partial charge >= 0.3 is 0 Å². The maximum atomic E-state index is 13.7. The molecule has 1 saturated heterocycles. The Morgan fingerprint density at radius 2 is 1.85 bits per heavy atom. The van der Waals surface area contributed by atoms with E-state index < -0.39 is 16.1 Å². The number of nitrogens with two attached hydrogens (primary N) is 1. The third-order valence-corrected chi connectivity index (χ3v) is 9.87. The number of rotatable bonds is 6. The summed E-state index contributed by atoms with van der Waals surface area (Å²) in [5, 5.41) is 2.36. The molecule has 8 nitrogen and oxygen atoms in total. The number of hydrogen-bond acceptors (Lipinski definition) is 7. The first-order valence-electron chi connectivity index (χ1n) is 12.6. The van der Waals surface area contributed by atoms with Crippen molar-refractivity contribution in [2.45, 2.75) is 37.1 Å². The van der Waals surface area contributed by atoms with Gasteiger partial charge in [0.05, 0.1) is 4.90 Å². The van der Waals surface area contributed by atoms with Crippen LogP contribution in [0.15, 0.2) is 70.1 Å². The molecule has 5 aromatic rings. The lowest BCUT2D eigenvalue weighted by Gasteiger charge is -2.33. The average Bonchev–Trinajstić information content (AvgIpc) is 3.49. The summed E-state index contributed by atoms with van der Waals surface area (Å²) >= 11 is 1.49. The van der Waals surface area contributed by atoms with Crippen LogP contribution in [0.3, 0.4) is 0 Å². The van der Waals surface area contributed by atoms with E-state index in [9.17, 15) is 13.2 Å². The van der Waals surface area contributed by atoms with Gasteiger partial charge in [-0.2, -0.15) is 4.72 Å². The Kier molecular flexibility index (Phi) is 7.56. The van der Waals surface area contributed by atoms with Crippen molar-refractivity contribution in [1.29, 1.82) is 0 Å². The zero-order chi connectivity index (χ0) is 26.4. The molecule has 1 aliphatic rings. The Morgan fingerprint density at radius 3 is 2.62 bits per heavy atom. The third kappa shape index (κ3) is 5.34. The van der Waals surface area contributed by atoms with Gasteiger partial charge in [0.15, 0.2) is 0 Å². The van der Waals surface area contributed by atoms with Gasteiger partial charge in [0.25, 0.3) is 0 Å². The Hall–Kier alpha value is -3.18. The lowest BCUT2D eigenvalue weighted by atomic mass is 9.98. The number of nitrogens with zero attached hydrogens (tertiary/aromatic N) is 2. The van der Waals surface area contributed by atoms with Crippen LogP contribution in [0.2, 0.25) is 0 Å². The Balaban J connectivity index is 0.00000308. The number of nitrogen functional groups attached to an aromatic ring is 1. The van der Waals surface area contributed by atoms with Crippen LogP contribution in [0.5, 0.6) is 0 Å². The SMILES string of the molecule is CC1CCN(C(=O)C(Cc2cc3c(N)nccc3s2)NS(=O)(=O)c2ccc3oc4ccccc4c3c2)CC1.Cl. The molecule has 0 aliphatic carbocycles. The molecule has 1 atom stereocenters. The van der Waals surface area contributed by atoms with Crippen molar-refractivity contribution in [2.75, 3.05) is 18.8 Å². The van der Waals surface area contributed by atoms with Crippen LogP contribution in [-0.4, -0.2) is 43.3 Å². The third-order valence-electron chi connectivity index (χ3n) is 7.28. The molecule has 204 valence electrons. The highest BCUT2D eigenvalue weighted by atomic mass is 35.5. The summed E-state index contributed by atoms with van der Waals surface area (Å²) in [4.78, 5) is 20.6. The van der Waals surface area contributed by atoms with Gasteiger partial charge in [-0.3, -0.25) is 4.79 Å². The van der Waals surface area contributed by atoms with Crippen LogP contribution >= 0.6 is 23.7 Å². The number of likely N-dealkylation sites (tertiary alicyclic amines) is 1. The van der Waals surface area contributed by atoms with Gasteiger partial charge in [0.2, 0.25) is 15.9 Å². The van der Waals surface area contributed by atoms with E-state index in [1.165, 1.54) is 17.4 Å². The first kappa shape index (κ1) is 27.4. The van der Waals surface area contributed by atoms with E-state index in [1.54, 1.807) is 23.2 Å². The molecule has 3 N–H and O–H groups in total. The normalized spacial score (nSPS) is 15.6. The Bertz CT molecular complexity index is 1770. The highest BCUT2D eigenvalue weighted by Gasteiger charge is 2.32. The number of amides is 1. The topological polar surface area (TPSA) is 119 Å². The van der Waals surface area contributed by atoms with Crippen LogP contribution in [0.4, 0.5) is 5.82 Å². The molecule has 4 heterocycles. The standard InChI is InChI=1S/C28H28N4O4S2.ClH/c1-17-9-12-32(13-10-17)28(33)23(15-18-14-22-26(37-18)8-11-30-27(22)29)31-38(34,35)19-6-7-25-21(16-19)20-4-2-3-5-24(20)36-25;/h2-8,11,14,16-17,23,31H,9-10,12-13,15H2,1H3,(H2,29,30);1H. The van der Waals surface area contributed by atoms with Crippen molar-refractivity contribution in [3.05, 3.63) is 65.7 Å². The van der Waals surface area contributed by atoms with Crippen molar-refractivity contribution in [3.63, 3.8) is 0 Å². The Labute approximate surface area is 236 Å². The van der Waals surface area contributed by atoms with E-state index in [-0.39, 0.29) is 29.6 Å². The van der Waals surface area contributed by atoms with Crippen molar-refractivity contribution >= 4 is 77.5 Å². The fourth-order valence-corrected chi connectivity index (χ4v) is 7.42. The van der Waals surface area contributed by atoms with Gasteiger partial charge in [0, 0.05) is 51.4 Å². The molecule has 1 fully saturated rings. The number of fused-ring (bicyclic) bond motifs is 4. The number of carbonyl (C=O) groups excluding carboxylic acids is 1. The molecule has 39 heavy (non-hydrogen) atoms. The van der Waals surface area contributed by atoms with Crippen molar-refractivity contribution < 1.29 is 17.6 Å². The number of furan rings is 1. The van der Waals surface area contributed by atoms with Crippen LogP contribution in [0.25, 0.3) is 32.0 Å². The molecular formula is C28H29ClN4O4S2. The van der Waals surface area contributed by atoms with Gasteiger partial charge < -0.3 is 15.1 Å². The predicted molar refractivity (Wildman–Crippen MR) is 158 cm³/mol. The fraction of sp³-hybridized carbons (Fsp3) is 0.286. The van der Waals surface area contributed by atoms with Crippen LogP contribution in [0.1, 0.15) is 24.6 Å². The summed E-state index contributed by atoms with van der Waals surface area (Å²) < 4.78 is 36.9. The maximum absolute atomic E-state index is 13.7. The lowest BCUT2D eigenvalue weighted by molar-refractivity contribution is -0.134. The largest absolute Gasteiger partial charge is 0.456 e. The number of halogens is 1. The molecule has 0 radical (unpaired) electrons. The zero-order valence-corrected chi connectivity index (χ0v) is 23.7. The van der Waals surface area contributed by atoms with Crippen LogP contribution < -0.4 is 10.5 Å². The molecule has 2 aromatic carbocycles. The van der Waals surface area contributed by atoms with Gasteiger partial charge in [-0.05, 0) is 55.2 Å². The van der Waals surface area contributed by atoms with Crippen LogP contribution in [0, 0.1) is 5.92 Å². The maximum Gasteiger partial charge on any atom is 0.241 e. The lowest BCUT2D eigenvalue weighted by Crippen LogP contribution is -2.51. The van der Waals surface area contributed by atoms with Crippen molar-refractivity contribution in [2.24, 2.45) is 5.92 Å². The predicted octanol–water partition coefficient (Wildman–Crippen LogP) is 5.35. The Morgan fingerprint density at radius 1 is 1.10 bits per heavy atom. The molecule has 3 aromatic heterocycles. The second-order valence-electron chi connectivity index (χ2n) is 9.96. The second kappa shape index (κ2) is 10.8. The number of para-hydroxylation sites is 1. The minimum absolute atomic E-state index is 0. The molecule has 1 unspecified atom stereocenters. The van der Waals surface area contributed by atoms with E-state index in [2.05, 4.69) is 16.6 Å². The van der Waals surface area contributed by atoms with Gasteiger partial charge in [-0.1, -0.05) is 25.1 Å². The summed E-state index contributed by atoms with van der Waals surface area (Å²) in [6.45, 7) is 3.41. The van der Waals surface area contributed by atoms with Gasteiger partial charge in [-0.15, -0.1) is 23.7 Å². The number of benzene rings is 2. The summed E-state index contributed by atoms with van der Waals surface area (Å²) in [7, 11) is -4.02. The summed E-state index contributed by atoms with van der Waals surface area (Å²) in [5.41, 5.74) is 7.34. The summed E-state index contributed by atoms with van der Waals surface area (Å²) in [6, 6.07) is 15.1. The highest BCUT2D eigenvalue weighted by molar-refractivity contribution is 7.89. The summed E-state index contributed by atoms with van der Waals surface area (Å²) in [6.07, 6.45) is 3.68. The molecule has 1 aliphatic heterocycles. The molecule has 1 amide bonds. The minimum Gasteiger partial charge on any atom is -0.456 e. The molecule has 11 heteroatoms. The number of sulfonamides is 1. The van der Waals surface area contributed by atoms with E-state index in [4.69, 9.17) is 10.2 Å². The zero-order valence-electron chi connectivity index (χ0n) is 21.3. The monoisotopic (exact) mass is 584 g/mol. The number of hydrogen-bond donors (Lipinski definition) is 2. The van der Waals surface area contributed by atoms with Crippen molar-refractivity contribution in [3.8, 4) is 0 Å². The van der Waals surface area contributed by atoms with E-state index in [0.29, 0.717) is 41.4 Å². The van der Waals surface area contributed by atoms with Crippen LogP contribution in [-0.2, 0) is 21.2 Å². The highest BCUT2D eigenvalue weighted by Crippen LogP contribution is 2.32. The van der Waals surface area contributed by atoms with Gasteiger partial charge in [0.1, 0.15) is 23.0 Å². The quantitative estimate of drug-likeness (QED) is 0.278. The summed E-state index contributed by atoms with van der Waals surface area (Å²) in [5.74, 6) is 0.752. The fourth-order valence-electron chi connectivity index (χ4n) is 5.09. The number of carbonyl (C=O) groups is 1. The van der Waals surface area contributed by atoms with Gasteiger partial charge in [-0.25, -0.2) is 13.4 Å². The molecule has 0 spiro atoms. The molecule has 0 bridgehead atoms.